The lowest BCUT2D eigenvalue weighted by Gasteiger charge is -2.22. The van der Waals surface area contributed by atoms with Gasteiger partial charge in [-0.3, -0.25) is 9.48 Å². The molecule has 0 bridgehead atoms. The van der Waals surface area contributed by atoms with E-state index in [1.807, 2.05) is 67.8 Å². The van der Waals surface area contributed by atoms with Crippen molar-refractivity contribution in [2.24, 2.45) is 13.0 Å². The van der Waals surface area contributed by atoms with Crippen LogP contribution in [-0.4, -0.2) is 33.3 Å². The number of aromatic nitrogens is 3. The minimum Gasteiger partial charge on any atom is -0.493 e. The summed E-state index contributed by atoms with van der Waals surface area (Å²) in [5.74, 6) is 2.51. The monoisotopic (exact) mass is 483 g/mol. The van der Waals surface area contributed by atoms with E-state index in [1.165, 1.54) is 0 Å². The fraction of sp³-hybridized carbons (Fsp3) is 0.250. The maximum Gasteiger partial charge on any atom is 0.255 e. The van der Waals surface area contributed by atoms with Crippen molar-refractivity contribution < 1.29 is 14.3 Å². The summed E-state index contributed by atoms with van der Waals surface area (Å²) < 4.78 is 13.6. The van der Waals surface area contributed by atoms with E-state index in [0.717, 1.165) is 47.6 Å². The van der Waals surface area contributed by atoms with E-state index in [9.17, 15) is 4.79 Å². The molecule has 36 heavy (non-hydrogen) atoms. The van der Waals surface area contributed by atoms with E-state index in [1.54, 1.807) is 23.1 Å². The molecule has 1 aliphatic carbocycles. The van der Waals surface area contributed by atoms with E-state index < -0.39 is 0 Å². The first-order chi connectivity index (χ1) is 17.5. The molecule has 0 aliphatic heterocycles. The second kappa shape index (κ2) is 10.5. The third-order valence-electron chi connectivity index (χ3n) is 6.44. The molecule has 0 unspecified atom stereocenters. The molecule has 4 aromatic rings. The van der Waals surface area contributed by atoms with Crippen LogP contribution in [0.1, 0.15) is 29.6 Å². The number of pyridine rings is 1. The van der Waals surface area contributed by atoms with Crippen molar-refractivity contribution in [3.05, 3.63) is 84.8 Å². The maximum absolute atomic E-state index is 13.1. The summed E-state index contributed by atoms with van der Waals surface area (Å²) in [7, 11) is 1.84. The van der Waals surface area contributed by atoms with Crippen molar-refractivity contribution in [3.63, 3.8) is 0 Å². The Bertz CT molecular complexity index is 1320. The summed E-state index contributed by atoms with van der Waals surface area (Å²) in [5.41, 5.74) is 8.10. The van der Waals surface area contributed by atoms with Gasteiger partial charge in [-0.05, 0) is 55.3 Å². The van der Waals surface area contributed by atoms with Crippen LogP contribution in [0.2, 0.25) is 0 Å². The predicted octanol–water partition coefficient (Wildman–Crippen LogP) is 4.83. The highest BCUT2D eigenvalue weighted by atomic mass is 16.5. The Kier molecular flexibility index (Phi) is 6.84. The molecule has 0 radical (unpaired) electrons. The van der Waals surface area contributed by atoms with Gasteiger partial charge < -0.3 is 20.5 Å². The Balaban J connectivity index is 1.18. The number of hydrogen-bond donors (Lipinski definition) is 2. The van der Waals surface area contributed by atoms with Gasteiger partial charge >= 0.3 is 0 Å². The van der Waals surface area contributed by atoms with Gasteiger partial charge in [0.25, 0.3) is 5.91 Å². The van der Waals surface area contributed by atoms with Crippen molar-refractivity contribution >= 4 is 11.7 Å². The first kappa shape index (κ1) is 23.4. The molecular formula is C28H29N5O3. The summed E-state index contributed by atoms with van der Waals surface area (Å²) in [6.45, 7) is 0.521. The number of nitrogens with one attached hydrogen (secondary N) is 1. The lowest BCUT2D eigenvalue weighted by molar-refractivity contribution is 0.0919. The SMILES string of the molecule is Cn1cc(-c2cnc(N)c(C(=O)N[C@H]3CCC[C@@H]3COc3ccc(Oc4ccccc4)cc3)c2)cn1. The lowest BCUT2D eigenvalue weighted by atomic mass is 10.0. The Morgan fingerprint density at radius 3 is 2.53 bits per heavy atom. The number of carbonyl (C=O) groups excluding carboxylic acids is 1. The third-order valence-corrected chi connectivity index (χ3v) is 6.44. The molecule has 2 aromatic carbocycles. The van der Waals surface area contributed by atoms with Crippen LogP contribution in [0.25, 0.3) is 11.1 Å². The summed E-state index contributed by atoms with van der Waals surface area (Å²) in [6.07, 6.45) is 8.19. The summed E-state index contributed by atoms with van der Waals surface area (Å²) in [4.78, 5) is 17.3. The first-order valence-corrected chi connectivity index (χ1v) is 12.1. The van der Waals surface area contributed by atoms with Gasteiger partial charge in [0.05, 0.1) is 18.4 Å². The Morgan fingerprint density at radius 2 is 1.78 bits per heavy atom. The van der Waals surface area contributed by atoms with Crippen molar-refractivity contribution in [1.29, 1.82) is 0 Å². The molecule has 2 atom stereocenters. The molecule has 1 saturated carbocycles. The van der Waals surface area contributed by atoms with Crippen LogP contribution >= 0.6 is 0 Å². The molecular weight excluding hydrogens is 454 g/mol. The van der Waals surface area contributed by atoms with E-state index in [0.29, 0.717) is 12.2 Å². The topological polar surface area (TPSA) is 104 Å². The van der Waals surface area contributed by atoms with Crippen LogP contribution in [0, 0.1) is 5.92 Å². The molecule has 8 nitrogen and oxygen atoms in total. The van der Waals surface area contributed by atoms with Gasteiger partial charge in [-0.2, -0.15) is 5.10 Å². The normalized spacial score (nSPS) is 17.0. The van der Waals surface area contributed by atoms with E-state index >= 15 is 0 Å². The number of benzene rings is 2. The quantitative estimate of drug-likeness (QED) is 0.372. The van der Waals surface area contributed by atoms with Gasteiger partial charge in [-0.1, -0.05) is 24.6 Å². The van der Waals surface area contributed by atoms with Crippen LogP contribution in [0.4, 0.5) is 5.82 Å². The summed E-state index contributed by atoms with van der Waals surface area (Å²) in [6, 6.07) is 19.0. The zero-order chi connectivity index (χ0) is 24.9. The summed E-state index contributed by atoms with van der Waals surface area (Å²) >= 11 is 0. The number of ether oxygens (including phenoxy) is 2. The predicted molar refractivity (Wildman–Crippen MR) is 138 cm³/mol. The molecule has 5 rings (SSSR count). The van der Waals surface area contributed by atoms with Gasteiger partial charge in [-0.15, -0.1) is 0 Å². The van der Waals surface area contributed by atoms with Gasteiger partial charge in [-0.25, -0.2) is 4.98 Å². The van der Waals surface area contributed by atoms with Crippen LogP contribution in [0.15, 0.2) is 79.3 Å². The average Bonchev–Trinajstić information content (AvgIpc) is 3.53. The lowest BCUT2D eigenvalue weighted by Crippen LogP contribution is -2.39. The average molecular weight is 484 g/mol. The van der Waals surface area contributed by atoms with E-state index in [2.05, 4.69) is 15.4 Å². The number of aryl methyl sites for hydroxylation is 1. The van der Waals surface area contributed by atoms with Crippen molar-refractivity contribution in [1.82, 2.24) is 20.1 Å². The highest BCUT2D eigenvalue weighted by Gasteiger charge is 2.30. The molecule has 0 spiro atoms. The Hall–Kier alpha value is -4.33. The van der Waals surface area contributed by atoms with Crippen LogP contribution in [0.3, 0.4) is 0 Å². The van der Waals surface area contributed by atoms with E-state index in [-0.39, 0.29) is 23.7 Å². The highest BCUT2D eigenvalue weighted by molar-refractivity contribution is 5.99. The van der Waals surface area contributed by atoms with Crippen molar-refractivity contribution in [2.45, 2.75) is 25.3 Å². The molecule has 2 heterocycles. The molecule has 2 aromatic heterocycles. The maximum atomic E-state index is 13.1. The Labute approximate surface area is 210 Å². The van der Waals surface area contributed by atoms with Crippen LogP contribution < -0.4 is 20.5 Å². The van der Waals surface area contributed by atoms with Crippen molar-refractivity contribution in [3.8, 4) is 28.4 Å². The molecule has 1 amide bonds. The minimum atomic E-state index is -0.218. The largest absolute Gasteiger partial charge is 0.493 e. The minimum absolute atomic E-state index is 0.0136. The third kappa shape index (κ3) is 5.49. The number of nitrogen functional groups attached to an aromatic ring is 1. The first-order valence-electron chi connectivity index (χ1n) is 12.1. The molecule has 8 heteroatoms. The highest BCUT2D eigenvalue weighted by Crippen LogP contribution is 2.29. The number of amides is 1. The number of para-hydroxylation sites is 1. The zero-order valence-corrected chi connectivity index (χ0v) is 20.1. The zero-order valence-electron chi connectivity index (χ0n) is 20.1. The van der Waals surface area contributed by atoms with Gasteiger partial charge in [0, 0.05) is 42.5 Å². The molecule has 1 aliphatic rings. The molecule has 184 valence electrons. The number of hydrogen-bond acceptors (Lipinski definition) is 6. The summed E-state index contributed by atoms with van der Waals surface area (Å²) in [5, 5.41) is 7.35. The number of anilines is 1. The second-order valence-electron chi connectivity index (χ2n) is 9.03. The fourth-order valence-electron chi connectivity index (χ4n) is 4.49. The van der Waals surface area contributed by atoms with E-state index in [4.69, 9.17) is 15.2 Å². The molecule has 0 saturated heterocycles. The van der Waals surface area contributed by atoms with Gasteiger partial charge in [0.15, 0.2) is 0 Å². The van der Waals surface area contributed by atoms with Crippen LogP contribution in [0.5, 0.6) is 17.2 Å². The standard InChI is InChI=1S/C28H29N5O3/c1-33-17-21(16-31-33)20-14-25(27(29)30-15-20)28(34)32-26-9-5-6-19(26)18-35-22-10-12-24(13-11-22)36-23-7-3-2-4-8-23/h2-4,7-8,10-17,19,26H,5-6,9,18H2,1H3,(H2,29,30)(H,32,34)/t19-,26+/m1/s1. The number of rotatable bonds is 8. The molecule has 3 N–H and O–H groups in total. The number of nitrogens with zero attached hydrogens (tertiary/aromatic N) is 3. The van der Waals surface area contributed by atoms with Crippen molar-refractivity contribution in [2.75, 3.05) is 12.3 Å². The number of carbonyl (C=O) groups is 1. The Morgan fingerprint density at radius 1 is 1.03 bits per heavy atom. The van der Waals surface area contributed by atoms with Gasteiger partial charge in [0.1, 0.15) is 23.1 Å². The smallest absolute Gasteiger partial charge is 0.255 e. The van der Waals surface area contributed by atoms with Gasteiger partial charge in [0.2, 0.25) is 0 Å². The molecule has 1 fully saturated rings. The van der Waals surface area contributed by atoms with Crippen LogP contribution in [-0.2, 0) is 7.05 Å². The fourth-order valence-corrected chi connectivity index (χ4v) is 4.49. The second-order valence-corrected chi connectivity index (χ2v) is 9.03. The number of nitrogens with two attached hydrogens (primary N) is 1.